The lowest BCUT2D eigenvalue weighted by Gasteiger charge is -2.48. The summed E-state index contributed by atoms with van der Waals surface area (Å²) in [6, 6.07) is 19.2. The van der Waals surface area contributed by atoms with E-state index >= 15 is 0 Å². The Bertz CT molecular complexity index is 813. The van der Waals surface area contributed by atoms with E-state index in [1.54, 1.807) is 0 Å². The van der Waals surface area contributed by atoms with E-state index < -0.39 is 5.60 Å². The summed E-state index contributed by atoms with van der Waals surface area (Å²) in [4.78, 5) is 15.0. The summed E-state index contributed by atoms with van der Waals surface area (Å²) in [5.41, 5.74) is 3.09. The molecule has 1 unspecified atom stereocenters. The number of likely N-dealkylation sites (tertiary alicyclic amines) is 1. The predicted octanol–water partition coefficient (Wildman–Crippen LogP) is 5.54. The molecule has 0 saturated carbocycles. The number of carbonyl (C=O) groups is 1. The van der Waals surface area contributed by atoms with Gasteiger partial charge in [0.05, 0.1) is 12.1 Å². The van der Waals surface area contributed by atoms with Crippen molar-refractivity contribution < 1.29 is 9.53 Å². The number of hydrogen-bond acceptors (Lipinski definition) is 3. The molecule has 0 aliphatic carbocycles. The maximum absolute atomic E-state index is 13.0. The van der Waals surface area contributed by atoms with Crippen molar-refractivity contribution in [1.29, 1.82) is 0 Å². The van der Waals surface area contributed by atoms with Crippen LogP contribution >= 0.6 is 0 Å². The van der Waals surface area contributed by atoms with E-state index in [0.29, 0.717) is 5.92 Å². The fourth-order valence-electron chi connectivity index (χ4n) is 4.45. The molecule has 1 amide bonds. The Morgan fingerprint density at radius 1 is 1.07 bits per heavy atom. The molecule has 4 rings (SSSR count). The number of ether oxygens (including phenoxy) is 1. The summed E-state index contributed by atoms with van der Waals surface area (Å²) in [6.45, 7) is 6.52. The van der Waals surface area contributed by atoms with Crippen molar-refractivity contribution in [2.45, 2.75) is 51.3 Å². The third-order valence-electron chi connectivity index (χ3n) is 5.48. The molecule has 1 fully saturated rings. The Labute approximate surface area is 161 Å². The summed E-state index contributed by atoms with van der Waals surface area (Å²) < 4.78 is 5.75. The average Bonchev–Trinajstić information content (AvgIpc) is 2.66. The first kappa shape index (κ1) is 17.9. The Balaban J connectivity index is 1.74. The van der Waals surface area contributed by atoms with Crippen LogP contribution in [-0.4, -0.2) is 23.1 Å². The van der Waals surface area contributed by atoms with Crippen LogP contribution in [-0.2, 0) is 4.74 Å². The molecule has 4 nitrogen and oxygen atoms in total. The minimum Gasteiger partial charge on any atom is -0.444 e. The SMILES string of the molecule is CC(C)(C)OC(=O)N1CCC[C@@H]2C1c1ccccc1N[C@H]2c1ccccc1. The van der Waals surface area contributed by atoms with Gasteiger partial charge in [-0.15, -0.1) is 0 Å². The maximum atomic E-state index is 13.0. The van der Waals surface area contributed by atoms with Gasteiger partial charge in [0, 0.05) is 18.2 Å². The van der Waals surface area contributed by atoms with Gasteiger partial charge in [-0.3, -0.25) is 0 Å². The van der Waals surface area contributed by atoms with Gasteiger partial charge in [-0.05, 0) is 50.8 Å². The van der Waals surface area contributed by atoms with Crippen LogP contribution in [0.1, 0.15) is 56.8 Å². The Kier molecular flexibility index (Phi) is 4.58. The third kappa shape index (κ3) is 3.53. The number of carbonyl (C=O) groups excluding carboxylic acids is 1. The number of hydrogen-bond donors (Lipinski definition) is 1. The number of nitrogens with zero attached hydrogens (tertiary/aromatic N) is 1. The Morgan fingerprint density at radius 2 is 1.78 bits per heavy atom. The van der Waals surface area contributed by atoms with E-state index in [4.69, 9.17) is 4.74 Å². The Hall–Kier alpha value is -2.49. The first-order valence-electron chi connectivity index (χ1n) is 9.84. The van der Waals surface area contributed by atoms with Crippen molar-refractivity contribution in [1.82, 2.24) is 4.90 Å². The molecule has 0 aromatic heterocycles. The molecule has 1 N–H and O–H groups in total. The van der Waals surface area contributed by atoms with E-state index in [9.17, 15) is 4.79 Å². The van der Waals surface area contributed by atoms with Gasteiger partial charge in [0.25, 0.3) is 0 Å². The number of anilines is 1. The van der Waals surface area contributed by atoms with Crippen LogP contribution in [0.25, 0.3) is 0 Å². The smallest absolute Gasteiger partial charge is 0.410 e. The molecule has 3 atom stereocenters. The first-order chi connectivity index (χ1) is 12.9. The number of amides is 1. The second kappa shape index (κ2) is 6.91. The zero-order chi connectivity index (χ0) is 19.0. The normalized spacial score (nSPS) is 24.4. The molecule has 0 spiro atoms. The summed E-state index contributed by atoms with van der Waals surface area (Å²) in [6.07, 6.45) is 1.87. The molecule has 142 valence electrons. The number of rotatable bonds is 1. The molecule has 0 radical (unpaired) electrons. The van der Waals surface area contributed by atoms with E-state index in [1.807, 2.05) is 31.7 Å². The van der Waals surface area contributed by atoms with Gasteiger partial charge >= 0.3 is 6.09 Å². The monoisotopic (exact) mass is 364 g/mol. The number of piperidine rings is 1. The van der Waals surface area contributed by atoms with Gasteiger partial charge in [0.2, 0.25) is 0 Å². The van der Waals surface area contributed by atoms with Gasteiger partial charge in [-0.25, -0.2) is 4.79 Å². The van der Waals surface area contributed by atoms with Crippen molar-refractivity contribution in [2.24, 2.45) is 5.92 Å². The first-order valence-corrected chi connectivity index (χ1v) is 9.84. The molecular weight excluding hydrogens is 336 g/mol. The molecule has 0 bridgehead atoms. The summed E-state index contributed by atoms with van der Waals surface area (Å²) in [5.74, 6) is 0.323. The zero-order valence-corrected chi connectivity index (χ0v) is 16.3. The van der Waals surface area contributed by atoms with Crippen molar-refractivity contribution >= 4 is 11.8 Å². The summed E-state index contributed by atoms with van der Waals surface area (Å²) >= 11 is 0. The standard InChI is InChI=1S/C23H28N2O2/c1-23(2,3)27-22(26)25-15-9-13-18-20(16-10-5-4-6-11-16)24-19-14-8-7-12-17(19)21(18)25/h4-8,10-12,14,18,20-21,24H,9,13,15H2,1-3H3/t18-,20-,21?/m0/s1. The lowest BCUT2D eigenvalue weighted by atomic mass is 9.74. The topological polar surface area (TPSA) is 41.6 Å². The van der Waals surface area contributed by atoms with E-state index in [-0.39, 0.29) is 18.2 Å². The predicted molar refractivity (Wildman–Crippen MR) is 108 cm³/mol. The number of fused-ring (bicyclic) bond motifs is 3. The zero-order valence-electron chi connectivity index (χ0n) is 16.3. The number of nitrogens with one attached hydrogen (secondary N) is 1. The van der Waals surface area contributed by atoms with Crippen molar-refractivity contribution in [3.8, 4) is 0 Å². The fraction of sp³-hybridized carbons (Fsp3) is 0.435. The highest BCUT2D eigenvalue weighted by Gasteiger charge is 2.45. The van der Waals surface area contributed by atoms with Crippen LogP contribution in [0.5, 0.6) is 0 Å². The van der Waals surface area contributed by atoms with E-state index in [1.165, 1.54) is 11.1 Å². The van der Waals surface area contributed by atoms with Gasteiger partial charge in [-0.1, -0.05) is 48.5 Å². The van der Waals surface area contributed by atoms with Crippen LogP contribution in [0.3, 0.4) is 0 Å². The van der Waals surface area contributed by atoms with Crippen molar-refractivity contribution in [3.63, 3.8) is 0 Å². The lowest BCUT2D eigenvalue weighted by Crippen LogP contribution is -2.49. The molecule has 2 aromatic rings. The minimum atomic E-state index is -0.491. The molecular formula is C23H28N2O2. The lowest BCUT2D eigenvalue weighted by molar-refractivity contribution is -0.00379. The van der Waals surface area contributed by atoms with Crippen LogP contribution in [0, 0.1) is 5.92 Å². The fourth-order valence-corrected chi connectivity index (χ4v) is 4.45. The van der Waals surface area contributed by atoms with Gasteiger partial charge < -0.3 is 15.0 Å². The van der Waals surface area contributed by atoms with Crippen LogP contribution in [0.15, 0.2) is 54.6 Å². The Morgan fingerprint density at radius 3 is 2.52 bits per heavy atom. The van der Waals surface area contributed by atoms with Crippen LogP contribution < -0.4 is 5.32 Å². The van der Waals surface area contributed by atoms with Crippen molar-refractivity contribution in [2.75, 3.05) is 11.9 Å². The highest BCUT2D eigenvalue weighted by Crippen LogP contribution is 2.50. The summed E-state index contributed by atoms with van der Waals surface area (Å²) in [7, 11) is 0. The van der Waals surface area contributed by atoms with E-state index in [2.05, 4.69) is 53.8 Å². The molecule has 4 heteroatoms. The third-order valence-corrected chi connectivity index (χ3v) is 5.48. The molecule has 27 heavy (non-hydrogen) atoms. The van der Waals surface area contributed by atoms with Gasteiger partial charge in [0.15, 0.2) is 0 Å². The largest absolute Gasteiger partial charge is 0.444 e. The minimum absolute atomic E-state index is 0.0382. The summed E-state index contributed by atoms with van der Waals surface area (Å²) in [5, 5.41) is 3.74. The highest BCUT2D eigenvalue weighted by atomic mass is 16.6. The number of benzene rings is 2. The quantitative estimate of drug-likeness (QED) is 0.722. The molecule has 2 heterocycles. The van der Waals surface area contributed by atoms with Crippen LogP contribution in [0.2, 0.25) is 0 Å². The number of para-hydroxylation sites is 1. The van der Waals surface area contributed by atoms with Crippen molar-refractivity contribution in [3.05, 3.63) is 65.7 Å². The van der Waals surface area contributed by atoms with Gasteiger partial charge in [0.1, 0.15) is 5.60 Å². The molecule has 2 aromatic carbocycles. The molecule has 2 aliphatic rings. The maximum Gasteiger partial charge on any atom is 0.410 e. The molecule has 1 saturated heterocycles. The average molecular weight is 364 g/mol. The second-order valence-corrected chi connectivity index (χ2v) is 8.54. The highest BCUT2D eigenvalue weighted by molar-refractivity contribution is 5.71. The molecule has 2 aliphatic heterocycles. The van der Waals surface area contributed by atoms with E-state index in [0.717, 1.165) is 25.1 Å². The second-order valence-electron chi connectivity index (χ2n) is 8.54. The van der Waals surface area contributed by atoms with Gasteiger partial charge in [-0.2, -0.15) is 0 Å². The van der Waals surface area contributed by atoms with Crippen LogP contribution in [0.4, 0.5) is 10.5 Å².